The molecule has 1 unspecified atom stereocenters. The summed E-state index contributed by atoms with van der Waals surface area (Å²) in [6.07, 6.45) is -1.00. The number of hydrogen-bond acceptors (Lipinski definition) is 3. The third-order valence-corrected chi connectivity index (χ3v) is 3.06. The second kappa shape index (κ2) is 6.58. The monoisotopic (exact) mass is 293 g/mol. The Bertz CT molecular complexity index is 523. The minimum atomic E-state index is -1.00. The molecule has 1 aromatic carbocycles. The Kier molecular flexibility index (Phi) is 5.32. The molecule has 4 N–H and O–H groups in total. The van der Waals surface area contributed by atoms with Gasteiger partial charge in [0.15, 0.2) is 0 Å². The van der Waals surface area contributed by atoms with E-state index in [0.717, 1.165) is 5.56 Å². The fourth-order valence-corrected chi connectivity index (χ4v) is 1.99. The van der Waals surface area contributed by atoms with Crippen molar-refractivity contribution in [1.82, 2.24) is 4.90 Å². The first-order chi connectivity index (χ1) is 9.61. The van der Waals surface area contributed by atoms with Gasteiger partial charge >= 0.3 is 6.09 Å². The maximum Gasteiger partial charge on any atom is 0.407 e. The van der Waals surface area contributed by atoms with E-state index in [1.807, 2.05) is 26.8 Å². The standard InChI is InChI=1S/C15H23N3O3/c1-10(19)17-12-7-5-6-11(8-12)13(16)9-18(14(20)21)15(2,3)4/h5-8,13H,9,16H2,1-4H3,(H,17,19)(H,20,21). The molecule has 0 aliphatic rings. The van der Waals surface area contributed by atoms with E-state index in [-0.39, 0.29) is 12.5 Å². The van der Waals surface area contributed by atoms with Crippen molar-refractivity contribution in [3.63, 3.8) is 0 Å². The van der Waals surface area contributed by atoms with Crippen LogP contribution in [-0.4, -0.2) is 34.1 Å². The Hall–Kier alpha value is -2.08. The Morgan fingerprint density at radius 3 is 2.48 bits per heavy atom. The summed E-state index contributed by atoms with van der Waals surface area (Å²) >= 11 is 0. The molecule has 1 aromatic rings. The first kappa shape index (κ1) is 17.0. The Morgan fingerprint density at radius 2 is 2.00 bits per heavy atom. The molecule has 116 valence electrons. The minimum Gasteiger partial charge on any atom is -0.465 e. The molecule has 0 aliphatic carbocycles. The number of hydrogen-bond donors (Lipinski definition) is 3. The van der Waals surface area contributed by atoms with Gasteiger partial charge in [0.1, 0.15) is 0 Å². The van der Waals surface area contributed by atoms with Gasteiger partial charge in [-0.05, 0) is 38.5 Å². The lowest BCUT2D eigenvalue weighted by Crippen LogP contribution is -2.48. The van der Waals surface area contributed by atoms with Gasteiger partial charge in [0, 0.05) is 30.7 Å². The smallest absolute Gasteiger partial charge is 0.407 e. The number of nitrogens with two attached hydrogens (primary N) is 1. The van der Waals surface area contributed by atoms with Gasteiger partial charge in [0.05, 0.1) is 0 Å². The fourth-order valence-electron chi connectivity index (χ4n) is 1.99. The number of carbonyl (C=O) groups is 2. The van der Waals surface area contributed by atoms with Crippen LogP contribution in [0, 0.1) is 0 Å². The third-order valence-electron chi connectivity index (χ3n) is 3.06. The Morgan fingerprint density at radius 1 is 1.38 bits per heavy atom. The van der Waals surface area contributed by atoms with Crippen molar-refractivity contribution < 1.29 is 14.7 Å². The molecule has 0 saturated heterocycles. The number of anilines is 1. The molecule has 0 bridgehead atoms. The van der Waals surface area contributed by atoms with Crippen LogP contribution in [0.15, 0.2) is 24.3 Å². The van der Waals surface area contributed by atoms with E-state index in [9.17, 15) is 14.7 Å². The van der Waals surface area contributed by atoms with Gasteiger partial charge in [-0.2, -0.15) is 0 Å². The average Bonchev–Trinajstić information content (AvgIpc) is 2.33. The lowest BCUT2D eigenvalue weighted by atomic mass is 10.0. The summed E-state index contributed by atoms with van der Waals surface area (Å²) < 4.78 is 0. The normalized spacial score (nSPS) is 12.6. The van der Waals surface area contributed by atoms with E-state index < -0.39 is 17.7 Å². The largest absolute Gasteiger partial charge is 0.465 e. The van der Waals surface area contributed by atoms with Crippen LogP contribution in [-0.2, 0) is 4.79 Å². The van der Waals surface area contributed by atoms with Crippen molar-refractivity contribution in [1.29, 1.82) is 0 Å². The van der Waals surface area contributed by atoms with Crippen LogP contribution < -0.4 is 11.1 Å². The topological polar surface area (TPSA) is 95.7 Å². The molecule has 0 aliphatic heterocycles. The number of carboxylic acid groups (broad SMARTS) is 1. The lowest BCUT2D eigenvalue weighted by molar-refractivity contribution is -0.114. The fraction of sp³-hybridized carbons (Fsp3) is 0.467. The predicted octanol–water partition coefficient (Wildman–Crippen LogP) is 2.42. The van der Waals surface area contributed by atoms with Crippen molar-refractivity contribution in [2.45, 2.75) is 39.3 Å². The average molecular weight is 293 g/mol. The van der Waals surface area contributed by atoms with Crippen molar-refractivity contribution in [2.24, 2.45) is 5.73 Å². The quantitative estimate of drug-likeness (QED) is 0.794. The third kappa shape index (κ3) is 5.07. The maximum atomic E-state index is 11.3. The highest BCUT2D eigenvalue weighted by Crippen LogP contribution is 2.21. The molecule has 0 radical (unpaired) electrons. The summed E-state index contributed by atoms with van der Waals surface area (Å²) in [4.78, 5) is 23.7. The number of carbonyl (C=O) groups excluding carboxylic acids is 1. The number of benzene rings is 1. The molecule has 2 amide bonds. The highest BCUT2D eigenvalue weighted by Gasteiger charge is 2.28. The van der Waals surface area contributed by atoms with Crippen LogP contribution in [0.2, 0.25) is 0 Å². The van der Waals surface area contributed by atoms with Crippen LogP contribution in [0.25, 0.3) is 0 Å². The molecule has 1 rings (SSSR count). The van der Waals surface area contributed by atoms with Crippen molar-refractivity contribution in [3.8, 4) is 0 Å². The molecular formula is C15H23N3O3. The predicted molar refractivity (Wildman–Crippen MR) is 82.2 cm³/mol. The molecule has 21 heavy (non-hydrogen) atoms. The lowest BCUT2D eigenvalue weighted by Gasteiger charge is -2.35. The molecular weight excluding hydrogens is 270 g/mol. The number of amides is 2. The Balaban J connectivity index is 2.90. The van der Waals surface area contributed by atoms with Gasteiger partial charge in [0.25, 0.3) is 0 Å². The van der Waals surface area contributed by atoms with E-state index >= 15 is 0 Å². The van der Waals surface area contributed by atoms with E-state index in [4.69, 9.17) is 5.73 Å². The number of nitrogens with one attached hydrogen (secondary N) is 1. The summed E-state index contributed by atoms with van der Waals surface area (Å²) in [5, 5.41) is 12.0. The summed E-state index contributed by atoms with van der Waals surface area (Å²) in [5.41, 5.74) is 7.00. The van der Waals surface area contributed by atoms with Crippen LogP contribution in [0.5, 0.6) is 0 Å². The van der Waals surface area contributed by atoms with Gasteiger partial charge in [-0.1, -0.05) is 12.1 Å². The molecule has 0 aromatic heterocycles. The second-order valence-corrected chi connectivity index (χ2v) is 5.98. The van der Waals surface area contributed by atoms with Crippen LogP contribution in [0.3, 0.4) is 0 Å². The van der Waals surface area contributed by atoms with Gasteiger partial charge in [-0.15, -0.1) is 0 Å². The van der Waals surface area contributed by atoms with Crippen molar-refractivity contribution >= 4 is 17.7 Å². The van der Waals surface area contributed by atoms with Crippen molar-refractivity contribution in [2.75, 3.05) is 11.9 Å². The van der Waals surface area contributed by atoms with Gasteiger partial charge in [-0.25, -0.2) is 4.79 Å². The molecule has 6 nitrogen and oxygen atoms in total. The summed E-state index contributed by atoms with van der Waals surface area (Å²) in [6.45, 7) is 7.07. The first-order valence-electron chi connectivity index (χ1n) is 6.75. The van der Waals surface area contributed by atoms with Crippen LogP contribution in [0.1, 0.15) is 39.3 Å². The van der Waals surface area contributed by atoms with Crippen molar-refractivity contribution in [3.05, 3.63) is 29.8 Å². The van der Waals surface area contributed by atoms with E-state index in [1.165, 1.54) is 11.8 Å². The highest BCUT2D eigenvalue weighted by molar-refractivity contribution is 5.88. The summed E-state index contributed by atoms with van der Waals surface area (Å²) in [6, 6.07) is 6.65. The summed E-state index contributed by atoms with van der Waals surface area (Å²) in [5.74, 6) is -0.164. The van der Waals surface area contributed by atoms with Gasteiger partial charge < -0.3 is 21.1 Å². The minimum absolute atomic E-state index is 0.164. The number of rotatable bonds is 4. The maximum absolute atomic E-state index is 11.3. The van der Waals surface area contributed by atoms with E-state index in [1.54, 1.807) is 18.2 Å². The molecule has 6 heteroatoms. The van der Waals surface area contributed by atoms with Crippen LogP contribution in [0.4, 0.5) is 10.5 Å². The second-order valence-electron chi connectivity index (χ2n) is 5.98. The molecule has 0 spiro atoms. The Labute approximate surface area is 124 Å². The molecule has 1 atom stereocenters. The van der Waals surface area contributed by atoms with E-state index in [2.05, 4.69) is 5.32 Å². The zero-order valence-electron chi connectivity index (χ0n) is 12.9. The zero-order chi connectivity index (χ0) is 16.2. The van der Waals surface area contributed by atoms with Crippen LogP contribution >= 0.6 is 0 Å². The first-order valence-corrected chi connectivity index (χ1v) is 6.75. The number of nitrogens with zero attached hydrogens (tertiary/aromatic N) is 1. The molecule has 0 fully saturated rings. The SMILES string of the molecule is CC(=O)Nc1cccc(C(N)CN(C(=O)O)C(C)(C)C)c1. The van der Waals surface area contributed by atoms with Gasteiger partial charge in [-0.3, -0.25) is 4.79 Å². The van der Waals surface area contributed by atoms with E-state index in [0.29, 0.717) is 5.69 Å². The zero-order valence-corrected chi connectivity index (χ0v) is 12.9. The molecule has 0 heterocycles. The highest BCUT2D eigenvalue weighted by atomic mass is 16.4. The van der Waals surface area contributed by atoms with Gasteiger partial charge in [0.2, 0.25) is 5.91 Å². The summed E-state index contributed by atoms with van der Waals surface area (Å²) in [7, 11) is 0. The molecule has 0 saturated carbocycles.